The maximum absolute atomic E-state index is 13.3. The Labute approximate surface area is 181 Å². The van der Waals surface area contributed by atoms with Gasteiger partial charge in [0.05, 0.1) is 29.8 Å². The van der Waals surface area contributed by atoms with Gasteiger partial charge in [0, 0.05) is 12.0 Å². The zero-order valence-corrected chi connectivity index (χ0v) is 17.4. The highest BCUT2D eigenvalue weighted by Gasteiger charge is 2.20. The zero-order chi connectivity index (χ0) is 21.6. The summed E-state index contributed by atoms with van der Waals surface area (Å²) < 4.78 is 13.3. The third-order valence-electron chi connectivity index (χ3n) is 5.71. The number of carbonyl (C=O) groups excluding carboxylic acids is 1. The summed E-state index contributed by atoms with van der Waals surface area (Å²) in [7, 11) is 0. The highest BCUT2D eigenvalue weighted by molar-refractivity contribution is 5.92. The van der Waals surface area contributed by atoms with Gasteiger partial charge in [0.1, 0.15) is 5.82 Å². The molecule has 0 spiro atoms. The van der Waals surface area contributed by atoms with Gasteiger partial charge in [0.25, 0.3) is 0 Å². The van der Waals surface area contributed by atoms with Crippen molar-refractivity contribution in [1.29, 1.82) is 0 Å². The molecule has 0 atom stereocenters. The number of rotatable bonds is 6. The summed E-state index contributed by atoms with van der Waals surface area (Å²) in [6.45, 7) is 0. The van der Waals surface area contributed by atoms with E-state index >= 15 is 0 Å². The first kappa shape index (κ1) is 21.0. The van der Waals surface area contributed by atoms with Crippen LogP contribution < -0.4 is 5.32 Å². The molecule has 2 N–H and O–H groups in total. The van der Waals surface area contributed by atoms with Crippen molar-refractivity contribution in [2.75, 3.05) is 5.32 Å². The van der Waals surface area contributed by atoms with Gasteiger partial charge in [-0.15, -0.1) is 0 Å². The van der Waals surface area contributed by atoms with Crippen LogP contribution in [-0.4, -0.2) is 21.0 Å². The van der Waals surface area contributed by atoms with Crippen LogP contribution in [0.1, 0.15) is 44.2 Å². The smallest absolute Gasteiger partial charge is 0.229 e. The molecule has 31 heavy (non-hydrogen) atoms. The number of aliphatic hydroxyl groups excluding tert-OH is 1. The number of anilines is 1. The summed E-state index contributed by atoms with van der Waals surface area (Å²) in [6, 6.07) is 6.18. The number of benzene rings is 1. The lowest BCUT2D eigenvalue weighted by Crippen LogP contribution is -2.16. The number of allylic oxidation sites excluding steroid dienone is 4. The minimum atomic E-state index is -0.295. The summed E-state index contributed by atoms with van der Waals surface area (Å²) in [5.74, 6) is 0.820. The van der Waals surface area contributed by atoms with Gasteiger partial charge < -0.3 is 10.4 Å². The molecule has 1 saturated carbocycles. The molecular weight excluding hydrogens is 393 g/mol. The first-order chi connectivity index (χ1) is 15.1. The Morgan fingerprint density at radius 2 is 1.94 bits per heavy atom. The van der Waals surface area contributed by atoms with Crippen LogP contribution in [0.4, 0.5) is 10.2 Å². The minimum Gasteiger partial charge on any atom is -0.512 e. The largest absolute Gasteiger partial charge is 0.512 e. The van der Waals surface area contributed by atoms with E-state index in [-0.39, 0.29) is 23.9 Å². The van der Waals surface area contributed by atoms with Crippen LogP contribution in [0.15, 0.2) is 66.1 Å². The van der Waals surface area contributed by atoms with Crippen LogP contribution in [0.2, 0.25) is 0 Å². The average molecular weight is 420 g/mol. The molecule has 2 aliphatic rings. The molecule has 1 heterocycles. The second-order valence-corrected chi connectivity index (χ2v) is 8.14. The number of nitrogens with one attached hydrogen (secondary N) is 1. The van der Waals surface area contributed by atoms with Gasteiger partial charge in [-0.05, 0) is 48.3 Å². The van der Waals surface area contributed by atoms with Crippen LogP contribution in [0.5, 0.6) is 0 Å². The third kappa shape index (κ3) is 5.66. The molecule has 160 valence electrons. The number of nitrogens with zero attached hydrogens (tertiary/aromatic N) is 2. The predicted molar refractivity (Wildman–Crippen MR) is 119 cm³/mol. The maximum Gasteiger partial charge on any atom is 0.229 e. The van der Waals surface area contributed by atoms with Crippen LogP contribution in [0, 0.1) is 11.7 Å². The van der Waals surface area contributed by atoms with Crippen molar-refractivity contribution in [2.24, 2.45) is 5.92 Å². The van der Waals surface area contributed by atoms with E-state index in [2.05, 4.69) is 10.3 Å². The molecular formula is C25H26FN3O2. The lowest BCUT2D eigenvalue weighted by molar-refractivity contribution is -0.115. The van der Waals surface area contributed by atoms with E-state index in [1.165, 1.54) is 25.0 Å². The molecule has 0 aliphatic heterocycles. The molecule has 1 aromatic heterocycles. The highest BCUT2D eigenvalue weighted by atomic mass is 19.1. The van der Waals surface area contributed by atoms with Crippen LogP contribution in [0.25, 0.3) is 11.3 Å². The number of halogens is 1. The minimum absolute atomic E-state index is 0.179. The Bertz CT molecular complexity index is 1040. The van der Waals surface area contributed by atoms with E-state index < -0.39 is 0 Å². The molecule has 4 rings (SSSR count). The SMILES string of the molecule is O=C(CC1=CC=C(O)CC=C1)Nc1ncc(-c2ccc(F)cc2)nc1CC1CCCC1. The molecule has 1 aromatic carbocycles. The fourth-order valence-corrected chi connectivity index (χ4v) is 4.06. The van der Waals surface area contributed by atoms with Crippen molar-refractivity contribution >= 4 is 11.7 Å². The summed E-state index contributed by atoms with van der Waals surface area (Å²) in [4.78, 5) is 22.0. The molecule has 2 aliphatic carbocycles. The molecule has 6 heteroatoms. The van der Waals surface area contributed by atoms with E-state index in [4.69, 9.17) is 4.98 Å². The topological polar surface area (TPSA) is 75.1 Å². The molecule has 0 bridgehead atoms. The second-order valence-electron chi connectivity index (χ2n) is 8.14. The number of aliphatic hydroxyl groups is 1. The van der Waals surface area contributed by atoms with Crippen molar-refractivity contribution in [3.8, 4) is 11.3 Å². The van der Waals surface area contributed by atoms with E-state index in [1.807, 2.05) is 12.2 Å². The van der Waals surface area contributed by atoms with Crippen molar-refractivity contribution in [2.45, 2.75) is 44.9 Å². The lowest BCUT2D eigenvalue weighted by atomic mass is 10.0. The maximum atomic E-state index is 13.3. The van der Waals surface area contributed by atoms with Gasteiger partial charge in [-0.2, -0.15) is 0 Å². The van der Waals surface area contributed by atoms with Gasteiger partial charge in [0.15, 0.2) is 5.82 Å². The highest BCUT2D eigenvalue weighted by Crippen LogP contribution is 2.30. The number of hydrogen-bond acceptors (Lipinski definition) is 4. The average Bonchev–Trinajstić information content (AvgIpc) is 3.18. The van der Waals surface area contributed by atoms with Crippen LogP contribution in [0.3, 0.4) is 0 Å². The normalized spacial score (nSPS) is 16.5. The zero-order valence-electron chi connectivity index (χ0n) is 17.4. The number of hydrogen-bond donors (Lipinski definition) is 2. The fourth-order valence-electron chi connectivity index (χ4n) is 4.06. The standard InChI is InChI=1S/C25H26FN3O2/c26-20-11-9-19(10-12-20)23-16-27-25(22(28-23)14-17-4-1-2-5-17)29-24(31)15-18-6-3-7-21(30)13-8-18/h3,6,8-13,16-17,30H,1-2,4-5,7,14-15H2,(H,27,29,31). The predicted octanol–water partition coefficient (Wildman–Crippen LogP) is 5.67. The Morgan fingerprint density at radius 1 is 1.16 bits per heavy atom. The first-order valence-corrected chi connectivity index (χ1v) is 10.7. The van der Waals surface area contributed by atoms with Crippen LogP contribution >= 0.6 is 0 Å². The molecule has 2 aromatic rings. The Balaban J connectivity index is 1.55. The van der Waals surface area contributed by atoms with Gasteiger partial charge >= 0.3 is 0 Å². The van der Waals surface area contributed by atoms with Crippen molar-refractivity contribution in [1.82, 2.24) is 9.97 Å². The van der Waals surface area contributed by atoms with E-state index in [9.17, 15) is 14.3 Å². The second kappa shape index (κ2) is 9.69. The van der Waals surface area contributed by atoms with Crippen molar-refractivity contribution in [3.05, 3.63) is 77.6 Å². The summed E-state index contributed by atoms with van der Waals surface area (Å²) >= 11 is 0. The molecule has 0 radical (unpaired) electrons. The number of amides is 1. The molecule has 1 fully saturated rings. The Hall–Kier alpha value is -3.28. The number of carbonyl (C=O) groups is 1. The fraction of sp³-hybridized carbons (Fsp3) is 0.320. The molecule has 0 unspecified atom stereocenters. The molecule has 0 saturated heterocycles. The van der Waals surface area contributed by atoms with E-state index in [0.717, 1.165) is 36.1 Å². The lowest BCUT2D eigenvalue weighted by Gasteiger charge is -2.14. The van der Waals surface area contributed by atoms with Gasteiger partial charge in [-0.1, -0.05) is 43.9 Å². The van der Waals surface area contributed by atoms with Gasteiger partial charge in [-0.3, -0.25) is 4.79 Å². The Morgan fingerprint density at radius 3 is 2.71 bits per heavy atom. The van der Waals surface area contributed by atoms with Crippen molar-refractivity contribution < 1.29 is 14.3 Å². The van der Waals surface area contributed by atoms with Crippen LogP contribution in [-0.2, 0) is 11.2 Å². The monoisotopic (exact) mass is 419 g/mol. The summed E-state index contributed by atoms with van der Waals surface area (Å²) in [5.41, 5.74) is 3.04. The summed E-state index contributed by atoms with van der Waals surface area (Å²) in [5, 5.41) is 12.5. The quantitative estimate of drug-likeness (QED) is 0.632. The Kier molecular flexibility index (Phi) is 6.55. The molecule has 1 amide bonds. The first-order valence-electron chi connectivity index (χ1n) is 10.7. The van der Waals surface area contributed by atoms with E-state index in [0.29, 0.717) is 23.9 Å². The molecule has 5 nitrogen and oxygen atoms in total. The number of aromatic nitrogens is 2. The van der Waals surface area contributed by atoms with E-state index in [1.54, 1.807) is 30.5 Å². The van der Waals surface area contributed by atoms with Gasteiger partial charge in [-0.25, -0.2) is 14.4 Å². The summed E-state index contributed by atoms with van der Waals surface area (Å²) in [6.07, 6.45) is 14.8. The van der Waals surface area contributed by atoms with Crippen molar-refractivity contribution in [3.63, 3.8) is 0 Å². The van der Waals surface area contributed by atoms with Gasteiger partial charge in [0.2, 0.25) is 5.91 Å². The third-order valence-corrected chi connectivity index (χ3v) is 5.71.